The molecule has 4 rings (SSSR count). The fraction of sp³-hybridized carbons (Fsp3) is 0.533. The topological polar surface area (TPSA) is 101 Å². The minimum absolute atomic E-state index is 0.141. The first-order valence-corrected chi connectivity index (χ1v) is 15.7. The highest BCUT2D eigenvalue weighted by atomic mass is 35.5. The molecule has 1 heterocycles. The molecular formula is C30H37Cl2N2O5S-. The maximum Gasteiger partial charge on any atom is 0.304 e. The number of rotatable bonds is 11. The minimum atomic E-state index is -2.48. The number of amides is 1. The predicted octanol–water partition coefficient (Wildman–Crippen LogP) is 6.74. The van der Waals surface area contributed by atoms with Gasteiger partial charge in [-0.25, -0.2) is 4.31 Å². The van der Waals surface area contributed by atoms with Crippen molar-refractivity contribution < 1.29 is 23.5 Å². The lowest BCUT2D eigenvalue weighted by atomic mass is 9.67. The first kappa shape index (κ1) is 31.0. The van der Waals surface area contributed by atoms with Gasteiger partial charge in [-0.3, -0.25) is 13.8 Å². The van der Waals surface area contributed by atoms with Crippen LogP contribution in [0.5, 0.6) is 0 Å². The Morgan fingerprint density at radius 3 is 2.33 bits per heavy atom. The van der Waals surface area contributed by atoms with Gasteiger partial charge in [0.15, 0.2) is 0 Å². The fourth-order valence-corrected chi connectivity index (χ4v) is 7.91. The molecule has 1 aliphatic heterocycles. The van der Waals surface area contributed by atoms with Crippen molar-refractivity contribution in [3.05, 3.63) is 69.7 Å². The van der Waals surface area contributed by atoms with Crippen LogP contribution in [0.2, 0.25) is 10.0 Å². The number of carbonyl (C=O) groups excluding carboxylic acids is 1. The summed E-state index contributed by atoms with van der Waals surface area (Å²) < 4.78 is 26.8. The van der Waals surface area contributed by atoms with E-state index in [1.54, 1.807) is 30.0 Å². The number of carboxylic acid groups (broad SMARTS) is 1. The van der Waals surface area contributed by atoms with Crippen LogP contribution in [0.25, 0.3) is 0 Å². The second-order valence-corrected chi connectivity index (χ2v) is 13.2. The second-order valence-electron chi connectivity index (χ2n) is 11.5. The molecule has 7 nitrogen and oxygen atoms in total. The van der Waals surface area contributed by atoms with Crippen LogP contribution < -0.4 is 0 Å². The predicted molar refractivity (Wildman–Crippen MR) is 157 cm³/mol. The summed E-state index contributed by atoms with van der Waals surface area (Å²) in [4.78, 5) is 28.3. The smallest absolute Gasteiger partial charge is 0.304 e. The molecule has 1 saturated heterocycles. The molecule has 0 radical (unpaired) electrons. The van der Waals surface area contributed by atoms with E-state index in [1.807, 2.05) is 44.2 Å². The second kappa shape index (κ2) is 12.5. The molecule has 40 heavy (non-hydrogen) atoms. The fourth-order valence-electron chi connectivity index (χ4n) is 6.66. The van der Waals surface area contributed by atoms with Gasteiger partial charge in [0.1, 0.15) is 0 Å². The van der Waals surface area contributed by atoms with E-state index in [0.717, 1.165) is 30.4 Å². The van der Waals surface area contributed by atoms with Crippen molar-refractivity contribution in [1.29, 1.82) is 0 Å². The molecule has 0 aromatic heterocycles. The summed E-state index contributed by atoms with van der Waals surface area (Å²) in [5.74, 6) is -1.62. The van der Waals surface area contributed by atoms with Gasteiger partial charge in [0.05, 0.1) is 17.9 Å². The van der Waals surface area contributed by atoms with E-state index in [4.69, 9.17) is 23.2 Å². The summed E-state index contributed by atoms with van der Waals surface area (Å²) in [6, 6.07) is 13.8. The molecule has 2 aliphatic rings. The summed E-state index contributed by atoms with van der Waals surface area (Å²) in [5, 5.41) is 10.9. The molecule has 0 bridgehead atoms. The lowest BCUT2D eigenvalue weighted by Crippen LogP contribution is -2.61. The zero-order valence-electron chi connectivity index (χ0n) is 23.1. The molecule has 1 N–H and O–H groups in total. The van der Waals surface area contributed by atoms with Gasteiger partial charge in [-0.1, -0.05) is 68.2 Å². The zero-order valence-corrected chi connectivity index (χ0v) is 25.5. The van der Waals surface area contributed by atoms with Crippen molar-refractivity contribution in [3.8, 4) is 0 Å². The van der Waals surface area contributed by atoms with Gasteiger partial charge < -0.3 is 14.6 Å². The summed E-state index contributed by atoms with van der Waals surface area (Å²) in [6.45, 7) is 5.80. The molecular weight excluding hydrogens is 571 g/mol. The molecule has 10 heteroatoms. The molecule has 1 aliphatic carbocycles. The van der Waals surface area contributed by atoms with Crippen LogP contribution in [0, 0.1) is 5.41 Å². The van der Waals surface area contributed by atoms with E-state index < -0.39 is 40.3 Å². The van der Waals surface area contributed by atoms with Crippen molar-refractivity contribution in [3.63, 3.8) is 0 Å². The van der Waals surface area contributed by atoms with Crippen molar-refractivity contribution in [2.75, 3.05) is 6.54 Å². The van der Waals surface area contributed by atoms with E-state index in [-0.39, 0.29) is 24.8 Å². The Bertz CT molecular complexity index is 1250. The number of hydrogen-bond acceptors (Lipinski definition) is 4. The Labute approximate surface area is 249 Å². The Morgan fingerprint density at radius 2 is 1.82 bits per heavy atom. The van der Waals surface area contributed by atoms with Gasteiger partial charge in [-0.2, -0.15) is 0 Å². The Hall–Kier alpha value is -1.97. The lowest BCUT2D eigenvalue weighted by Gasteiger charge is -2.55. The first-order chi connectivity index (χ1) is 18.9. The third-order valence-corrected chi connectivity index (χ3v) is 10.4. The summed E-state index contributed by atoms with van der Waals surface area (Å²) in [5.41, 5.74) is 0.0906. The van der Waals surface area contributed by atoms with Gasteiger partial charge >= 0.3 is 5.97 Å². The maximum absolute atomic E-state index is 14.5. The average molecular weight is 609 g/mol. The number of carbonyl (C=O) groups is 2. The van der Waals surface area contributed by atoms with E-state index in [0.29, 0.717) is 29.3 Å². The van der Waals surface area contributed by atoms with Gasteiger partial charge in [0.25, 0.3) is 0 Å². The molecule has 218 valence electrons. The number of benzene rings is 2. The zero-order chi connectivity index (χ0) is 29.2. The number of piperidine rings is 1. The largest absolute Gasteiger partial charge is 0.760 e. The van der Waals surface area contributed by atoms with Crippen LogP contribution >= 0.6 is 23.2 Å². The van der Waals surface area contributed by atoms with Crippen LogP contribution in [-0.4, -0.2) is 53.1 Å². The maximum atomic E-state index is 14.5. The van der Waals surface area contributed by atoms with Crippen molar-refractivity contribution in [2.45, 2.75) is 89.3 Å². The number of halogens is 2. The van der Waals surface area contributed by atoms with Crippen molar-refractivity contribution >= 4 is 46.3 Å². The van der Waals surface area contributed by atoms with Crippen LogP contribution in [-0.2, 0) is 20.9 Å². The third kappa shape index (κ3) is 6.12. The van der Waals surface area contributed by atoms with E-state index in [9.17, 15) is 23.5 Å². The molecule has 1 unspecified atom stereocenters. The number of likely N-dealkylation sites (tertiary alicyclic amines) is 1. The monoisotopic (exact) mass is 607 g/mol. The van der Waals surface area contributed by atoms with Crippen LogP contribution in [0.4, 0.5) is 0 Å². The number of hydrogen-bond donors (Lipinski definition) is 1. The Kier molecular flexibility index (Phi) is 9.67. The molecule has 1 amide bonds. The van der Waals surface area contributed by atoms with E-state index >= 15 is 0 Å². The van der Waals surface area contributed by atoms with E-state index in [2.05, 4.69) is 0 Å². The standard InChI is InChI=1S/C30H38Cl2N2O5S/c1-4-24(19-33(40(38)39)30(5-2)14-7-15-30)34-27(20-10-12-22(31)13-11-20)25(21-8-6-9-23(32)16-21)17-29(3,28(34)37)18-26(35)36/h6,8-13,16,24-25,27H,4-5,7,14-15,17-19H2,1-3H3,(H,35,36)(H,38,39)/p-1/t24-,25+,27+,29-/m0/s1. The van der Waals surface area contributed by atoms with Gasteiger partial charge in [-0.15, -0.1) is 0 Å². The lowest BCUT2D eigenvalue weighted by molar-refractivity contribution is -0.161. The Morgan fingerprint density at radius 1 is 1.15 bits per heavy atom. The molecule has 2 fully saturated rings. The van der Waals surface area contributed by atoms with Gasteiger partial charge in [0.2, 0.25) is 5.91 Å². The van der Waals surface area contributed by atoms with Gasteiger partial charge in [0, 0.05) is 45.4 Å². The highest BCUT2D eigenvalue weighted by Crippen LogP contribution is 2.52. The SMILES string of the molecule is CC[C@@H](CN(S(=O)[O-])C1(CC)CCC1)N1C(=O)[C@](C)(CC(=O)O)C[C@H](c2cccc(Cl)c2)[C@H]1c1ccc(Cl)cc1. The summed E-state index contributed by atoms with van der Waals surface area (Å²) in [6.07, 6.45) is 3.67. The third-order valence-electron chi connectivity index (χ3n) is 9.02. The molecule has 2 aromatic carbocycles. The first-order valence-electron chi connectivity index (χ1n) is 13.9. The molecule has 2 aromatic rings. The normalized spacial score (nSPS) is 25.9. The molecule has 1 saturated carbocycles. The van der Waals surface area contributed by atoms with Crippen molar-refractivity contribution in [2.24, 2.45) is 5.41 Å². The van der Waals surface area contributed by atoms with E-state index in [1.165, 1.54) is 4.31 Å². The number of carboxylic acids is 1. The van der Waals surface area contributed by atoms with Crippen LogP contribution in [0.15, 0.2) is 48.5 Å². The molecule has 0 spiro atoms. The summed E-state index contributed by atoms with van der Waals surface area (Å²) >= 11 is 10.2. The summed E-state index contributed by atoms with van der Waals surface area (Å²) in [7, 11) is 0. The van der Waals surface area contributed by atoms with Crippen molar-refractivity contribution in [1.82, 2.24) is 9.21 Å². The quantitative estimate of drug-likeness (QED) is 0.285. The highest BCUT2D eigenvalue weighted by molar-refractivity contribution is 7.76. The Balaban J connectivity index is 1.88. The number of nitrogens with zero attached hydrogens (tertiary/aromatic N) is 2. The number of aliphatic carboxylic acids is 1. The van der Waals surface area contributed by atoms with Crippen LogP contribution in [0.3, 0.4) is 0 Å². The highest BCUT2D eigenvalue weighted by Gasteiger charge is 2.53. The molecule has 5 atom stereocenters. The average Bonchev–Trinajstić information content (AvgIpc) is 2.87. The van der Waals surface area contributed by atoms with Crippen LogP contribution in [0.1, 0.15) is 88.8 Å². The minimum Gasteiger partial charge on any atom is -0.760 e. The van der Waals surface area contributed by atoms with Gasteiger partial charge in [-0.05, 0) is 73.9 Å².